The lowest BCUT2D eigenvalue weighted by atomic mass is 10.1. The number of hydrogen-bond acceptors (Lipinski definition) is 1. The van der Waals surface area contributed by atoms with Crippen molar-refractivity contribution in [2.75, 3.05) is 6.54 Å². The first-order valence-corrected chi connectivity index (χ1v) is 7.51. The Morgan fingerprint density at radius 2 is 1.29 bits per heavy atom. The van der Waals surface area contributed by atoms with Gasteiger partial charge in [0.05, 0.1) is 0 Å². The van der Waals surface area contributed by atoms with Crippen LogP contribution in [0.1, 0.15) is 78.1 Å². The lowest BCUT2D eigenvalue weighted by Crippen LogP contribution is -2.37. The maximum absolute atomic E-state index is 12.1. The summed E-state index contributed by atoms with van der Waals surface area (Å²) in [6, 6.07) is 0.368. The van der Waals surface area contributed by atoms with E-state index in [9.17, 15) is 4.79 Å². The molecule has 0 N–H and O–H groups in total. The van der Waals surface area contributed by atoms with Crippen molar-refractivity contribution in [2.45, 2.75) is 84.1 Å². The molecule has 0 bridgehead atoms. The van der Waals surface area contributed by atoms with E-state index in [1.54, 1.807) is 0 Å². The fraction of sp³-hybridized carbons (Fsp3) is 0.933. The largest absolute Gasteiger partial charge is 0.340 e. The van der Waals surface area contributed by atoms with Gasteiger partial charge >= 0.3 is 0 Å². The second-order valence-electron chi connectivity index (χ2n) is 5.61. The van der Waals surface area contributed by atoms with Gasteiger partial charge in [-0.25, -0.2) is 0 Å². The van der Waals surface area contributed by atoms with Crippen LogP contribution in [-0.2, 0) is 4.79 Å². The van der Waals surface area contributed by atoms with E-state index >= 15 is 0 Å². The third kappa shape index (κ3) is 6.09. The summed E-state index contributed by atoms with van der Waals surface area (Å²) >= 11 is 0. The first-order valence-electron chi connectivity index (χ1n) is 7.51. The Morgan fingerprint density at radius 1 is 0.824 bits per heavy atom. The van der Waals surface area contributed by atoms with Crippen LogP contribution < -0.4 is 0 Å². The molecule has 1 saturated heterocycles. The normalized spacial score (nSPS) is 21.8. The minimum absolute atomic E-state index is 0.368. The van der Waals surface area contributed by atoms with E-state index in [4.69, 9.17) is 0 Å². The number of carbonyl (C=O) groups excluding carboxylic acids is 1. The van der Waals surface area contributed by atoms with Gasteiger partial charge in [0.2, 0.25) is 5.91 Å². The minimum Gasteiger partial charge on any atom is -0.340 e. The SMILES string of the molecule is CC(C)N1CCCCCCCCCCCC1=O. The van der Waals surface area contributed by atoms with Crippen molar-refractivity contribution < 1.29 is 4.79 Å². The average molecular weight is 239 g/mol. The minimum atomic E-state index is 0.368. The van der Waals surface area contributed by atoms with Crippen LogP contribution in [0.4, 0.5) is 0 Å². The van der Waals surface area contributed by atoms with Gasteiger partial charge < -0.3 is 4.90 Å². The Hall–Kier alpha value is -0.530. The summed E-state index contributed by atoms with van der Waals surface area (Å²) in [5.41, 5.74) is 0. The van der Waals surface area contributed by atoms with E-state index in [0.29, 0.717) is 11.9 Å². The molecule has 1 aliphatic heterocycles. The fourth-order valence-corrected chi connectivity index (χ4v) is 2.61. The zero-order valence-corrected chi connectivity index (χ0v) is 11.7. The third-order valence-corrected chi connectivity index (χ3v) is 3.73. The number of rotatable bonds is 1. The monoisotopic (exact) mass is 239 g/mol. The van der Waals surface area contributed by atoms with E-state index in [2.05, 4.69) is 18.7 Å². The first-order chi connectivity index (χ1) is 8.22. The Kier molecular flexibility index (Phi) is 7.30. The Morgan fingerprint density at radius 3 is 1.82 bits per heavy atom. The van der Waals surface area contributed by atoms with Crippen molar-refractivity contribution in [3.05, 3.63) is 0 Å². The molecular weight excluding hydrogens is 210 g/mol. The molecule has 2 nitrogen and oxygen atoms in total. The third-order valence-electron chi connectivity index (χ3n) is 3.73. The molecule has 0 aromatic rings. The van der Waals surface area contributed by atoms with Crippen molar-refractivity contribution in [1.82, 2.24) is 4.90 Å². The van der Waals surface area contributed by atoms with Crippen molar-refractivity contribution in [1.29, 1.82) is 0 Å². The van der Waals surface area contributed by atoms with Crippen LogP contribution in [0.15, 0.2) is 0 Å². The Balaban J connectivity index is 2.43. The van der Waals surface area contributed by atoms with E-state index in [-0.39, 0.29) is 0 Å². The highest BCUT2D eigenvalue weighted by atomic mass is 16.2. The average Bonchev–Trinajstić information content (AvgIpc) is 2.30. The molecular formula is C15H29NO. The molecule has 0 spiro atoms. The summed E-state index contributed by atoms with van der Waals surface area (Å²) in [6.07, 6.45) is 12.4. The molecule has 100 valence electrons. The fourth-order valence-electron chi connectivity index (χ4n) is 2.61. The molecule has 1 amide bonds. The molecule has 0 radical (unpaired) electrons. The number of carbonyl (C=O) groups is 1. The van der Waals surface area contributed by atoms with Crippen LogP contribution in [-0.4, -0.2) is 23.4 Å². The zero-order valence-electron chi connectivity index (χ0n) is 11.7. The van der Waals surface area contributed by atoms with E-state index in [1.807, 2.05) is 0 Å². The van der Waals surface area contributed by atoms with Gasteiger partial charge in [-0.1, -0.05) is 44.9 Å². The maximum Gasteiger partial charge on any atom is 0.222 e. The molecule has 2 heteroatoms. The van der Waals surface area contributed by atoms with Gasteiger partial charge in [-0.15, -0.1) is 0 Å². The molecule has 0 saturated carbocycles. The van der Waals surface area contributed by atoms with Crippen LogP contribution in [0, 0.1) is 0 Å². The Labute approximate surface area is 107 Å². The van der Waals surface area contributed by atoms with E-state index < -0.39 is 0 Å². The van der Waals surface area contributed by atoms with Crippen LogP contribution >= 0.6 is 0 Å². The lowest BCUT2D eigenvalue weighted by Gasteiger charge is -2.27. The summed E-state index contributed by atoms with van der Waals surface area (Å²) in [5, 5.41) is 0. The summed E-state index contributed by atoms with van der Waals surface area (Å²) in [5.74, 6) is 0.374. The van der Waals surface area contributed by atoms with Crippen LogP contribution in [0.2, 0.25) is 0 Å². The summed E-state index contributed by atoms with van der Waals surface area (Å²) in [4.78, 5) is 14.2. The smallest absolute Gasteiger partial charge is 0.222 e. The zero-order chi connectivity index (χ0) is 12.5. The highest BCUT2D eigenvalue weighted by Gasteiger charge is 2.15. The molecule has 1 fully saturated rings. The molecule has 0 unspecified atom stereocenters. The number of hydrogen-bond donors (Lipinski definition) is 0. The van der Waals surface area contributed by atoms with Crippen molar-refractivity contribution >= 4 is 5.91 Å². The maximum atomic E-state index is 12.1. The molecule has 0 aromatic carbocycles. The van der Waals surface area contributed by atoms with Crippen LogP contribution in [0.5, 0.6) is 0 Å². The molecule has 0 aliphatic carbocycles. The number of nitrogens with zero attached hydrogens (tertiary/aromatic N) is 1. The standard InChI is InChI=1S/C15H29NO/c1-14(2)16-13-11-9-7-5-3-4-6-8-10-12-15(16)17/h14H,3-13H2,1-2H3. The highest BCUT2D eigenvalue weighted by molar-refractivity contribution is 5.76. The van der Waals surface area contributed by atoms with Gasteiger partial charge in [0.15, 0.2) is 0 Å². The van der Waals surface area contributed by atoms with Gasteiger partial charge in [0.1, 0.15) is 0 Å². The molecule has 1 rings (SSSR count). The van der Waals surface area contributed by atoms with Gasteiger partial charge in [-0.2, -0.15) is 0 Å². The van der Waals surface area contributed by atoms with Crippen LogP contribution in [0.3, 0.4) is 0 Å². The topological polar surface area (TPSA) is 20.3 Å². The summed E-state index contributed by atoms with van der Waals surface area (Å²) in [7, 11) is 0. The highest BCUT2D eigenvalue weighted by Crippen LogP contribution is 2.14. The second-order valence-corrected chi connectivity index (χ2v) is 5.61. The van der Waals surface area contributed by atoms with E-state index in [1.165, 1.54) is 51.4 Å². The summed E-state index contributed by atoms with van der Waals surface area (Å²) in [6.45, 7) is 5.24. The van der Waals surface area contributed by atoms with Gasteiger partial charge in [0, 0.05) is 19.0 Å². The first kappa shape index (κ1) is 14.5. The molecule has 0 aromatic heterocycles. The molecule has 1 aliphatic rings. The van der Waals surface area contributed by atoms with Crippen molar-refractivity contribution in [3.8, 4) is 0 Å². The quantitative estimate of drug-likeness (QED) is 0.673. The van der Waals surface area contributed by atoms with Gasteiger partial charge in [-0.05, 0) is 26.7 Å². The van der Waals surface area contributed by atoms with E-state index in [0.717, 1.165) is 19.4 Å². The second kappa shape index (κ2) is 8.54. The molecule has 17 heavy (non-hydrogen) atoms. The van der Waals surface area contributed by atoms with Gasteiger partial charge in [0.25, 0.3) is 0 Å². The van der Waals surface area contributed by atoms with Crippen LogP contribution in [0.25, 0.3) is 0 Å². The van der Waals surface area contributed by atoms with Crippen molar-refractivity contribution in [3.63, 3.8) is 0 Å². The predicted octanol–water partition coefficient (Wildman–Crippen LogP) is 4.14. The number of amides is 1. The van der Waals surface area contributed by atoms with Gasteiger partial charge in [-0.3, -0.25) is 4.79 Å². The molecule has 0 atom stereocenters. The predicted molar refractivity (Wildman–Crippen MR) is 73.0 cm³/mol. The van der Waals surface area contributed by atoms with Crippen molar-refractivity contribution in [2.24, 2.45) is 0 Å². The Bertz CT molecular complexity index is 213. The summed E-state index contributed by atoms with van der Waals surface area (Å²) < 4.78 is 0. The lowest BCUT2D eigenvalue weighted by molar-refractivity contribution is -0.133. The molecule has 1 heterocycles.